The van der Waals surface area contributed by atoms with Crippen LogP contribution in [-0.2, 0) is 15.8 Å². The van der Waals surface area contributed by atoms with E-state index in [1.54, 1.807) is 0 Å². The summed E-state index contributed by atoms with van der Waals surface area (Å²) < 4.78 is 37.0. The lowest BCUT2D eigenvalue weighted by Crippen LogP contribution is -2.13. The number of hydrogen-bond acceptors (Lipinski definition) is 3. The third-order valence-electron chi connectivity index (χ3n) is 2.01. The molecule has 0 saturated heterocycles. The molecule has 0 spiro atoms. The van der Waals surface area contributed by atoms with Crippen molar-refractivity contribution in [2.75, 3.05) is 5.32 Å². The Kier molecular flexibility index (Phi) is 4.26. The van der Waals surface area contributed by atoms with E-state index in [2.05, 4.69) is 10.3 Å². The number of carboxylic acids is 1. The zero-order chi connectivity index (χ0) is 14.6. The van der Waals surface area contributed by atoms with E-state index in [4.69, 9.17) is 5.11 Å². The summed E-state index contributed by atoms with van der Waals surface area (Å²) in [5, 5.41) is 10.5. The third kappa shape index (κ3) is 4.41. The van der Waals surface area contributed by atoms with Gasteiger partial charge in [-0.05, 0) is 19.1 Å². The van der Waals surface area contributed by atoms with Crippen molar-refractivity contribution in [1.29, 1.82) is 0 Å². The normalized spacial score (nSPS) is 11.6. The lowest BCUT2D eigenvalue weighted by Gasteiger charge is -2.10. The SMILES string of the molecule is Cc1nc(C(F)(F)F)ccc1NC(=O)/C=C/C(=O)O. The molecule has 0 atom stereocenters. The number of aromatic nitrogens is 1. The van der Waals surface area contributed by atoms with Gasteiger partial charge in [0.05, 0.1) is 11.4 Å². The molecule has 0 aliphatic rings. The first-order valence-electron chi connectivity index (χ1n) is 4.97. The second kappa shape index (κ2) is 5.51. The van der Waals surface area contributed by atoms with Crippen LogP contribution >= 0.6 is 0 Å². The summed E-state index contributed by atoms with van der Waals surface area (Å²) in [5.74, 6) is -2.08. The fraction of sp³-hybridized carbons (Fsp3) is 0.182. The van der Waals surface area contributed by atoms with Crippen molar-refractivity contribution >= 4 is 17.6 Å². The van der Waals surface area contributed by atoms with Gasteiger partial charge in [0, 0.05) is 12.2 Å². The lowest BCUT2D eigenvalue weighted by molar-refractivity contribution is -0.141. The third-order valence-corrected chi connectivity index (χ3v) is 2.01. The van der Waals surface area contributed by atoms with E-state index in [1.165, 1.54) is 6.92 Å². The predicted molar refractivity (Wildman–Crippen MR) is 59.4 cm³/mol. The zero-order valence-corrected chi connectivity index (χ0v) is 9.65. The number of carboxylic acid groups (broad SMARTS) is 1. The largest absolute Gasteiger partial charge is 0.478 e. The van der Waals surface area contributed by atoms with Crippen LogP contribution in [0.5, 0.6) is 0 Å². The number of alkyl halides is 3. The number of nitrogens with zero attached hydrogens (tertiary/aromatic N) is 1. The maximum atomic E-state index is 12.3. The highest BCUT2D eigenvalue weighted by Crippen LogP contribution is 2.29. The minimum absolute atomic E-state index is 0.0214. The van der Waals surface area contributed by atoms with Crippen molar-refractivity contribution in [2.24, 2.45) is 0 Å². The predicted octanol–water partition coefficient (Wildman–Crippen LogP) is 1.99. The van der Waals surface area contributed by atoms with Crippen LogP contribution in [0.3, 0.4) is 0 Å². The van der Waals surface area contributed by atoms with Crippen LogP contribution in [0.15, 0.2) is 24.3 Å². The summed E-state index contributed by atoms with van der Waals surface area (Å²) in [6, 6.07) is 1.78. The standard InChI is InChI=1S/C11H9F3N2O3/c1-6-7(16-9(17)4-5-10(18)19)2-3-8(15-6)11(12,13)14/h2-5H,1H3,(H,16,17)(H,18,19)/b5-4+. The van der Waals surface area contributed by atoms with E-state index < -0.39 is 23.7 Å². The second-order valence-corrected chi connectivity index (χ2v) is 3.49. The van der Waals surface area contributed by atoms with Gasteiger partial charge in [0.25, 0.3) is 0 Å². The molecule has 0 fully saturated rings. The molecule has 19 heavy (non-hydrogen) atoms. The van der Waals surface area contributed by atoms with Gasteiger partial charge in [0.1, 0.15) is 5.69 Å². The Balaban J connectivity index is 2.87. The Morgan fingerprint density at radius 1 is 1.32 bits per heavy atom. The Bertz CT molecular complexity index is 538. The minimum atomic E-state index is -4.56. The van der Waals surface area contributed by atoms with Gasteiger partial charge in [0.15, 0.2) is 0 Å². The van der Waals surface area contributed by atoms with Gasteiger partial charge >= 0.3 is 12.1 Å². The molecule has 0 aromatic carbocycles. The zero-order valence-electron chi connectivity index (χ0n) is 9.65. The van der Waals surface area contributed by atoms with E-state index in [0.29, 0.717) is 6.08 Å². The van der Waals surface area contributed by atoms with Crippen molar-refractivity contribution in [3.63, 3.8) is 0 Å². The average molecular weight is 274 g/mol. The van der Waals surface area contributed by atoms with Crippen molar-refractivity contribution in [1.82, 2.24) is 4.98 Å². The Morgan fingerprint density at radius 3 is 2.42 bits per heavy atom. The monoisotopic (exact) mass is 274 g/mol. The average Bonchev–Trinajstić information content (AvgIpc) is 2.27. The molecule has 1 aromatic rings. The number of amides is 1. The van der Waals surface area contributed by atoms with Gasteiger partial charge < -0.3 is 10.4 Å². The molecule has 0 aliphatic heterocycles. The first kappa shape index (κ1) is 14.7. The van der Waals surface area contributed by atoms with Gasteiger partial charge in [0.2, 0.25) is 5.91 Å². The molecule has 2 N–H and O–H groups in total. The van der Waals surface area contributed by atoms with Gasteiger partial charge in [-0.25, -0.2) is 9.78 Å². The number of nitrogens with one attached hydrogen (secondary N) is 1. The molecule has 1 rings (SSSR count). The molecular formula is C11H9F3N2O3. The highest BCUT2D eigenvalue weighted by atomic mass is 19.4. The van der Waals surface area contributed by atoms with Crippen molar-refractivity contribution < 1.29 is 27.9 Å². The Morgan fingerprint density at radius 2 is 1.95 bits per heavy atom. The molecule has 0 radical (unpaired) electrons. The smallest absolute Gasteiger partial charge is 0.433 e. The van der Waals surface area contributed by atoms with Crippen LogP contribution < -0.4 is 5.32 Å². The molecule has 0 aliphatic carbocycles. The molecule has 0 unspecified atom stereocenters. The first-order valence-corrected chi connectivity index (χ1v) is 4.97. The summed E-state index contributed by atoms with van der Waals surface area (Å²) in [6.45, 7) is 1.30. The topological polar surface area (TPSA) is 79.3 Å². The summed E-state index contributed by atoms with van der Waals surface area (Å²) in [4.78, 5) is 24.7. The molecule has 0 saturated carbocycles. The molecule has 1 aromatic heterocycles. The maximum absolute atomic E-state index is 12.3. The summed E-state index contributed by atoms with van der Waals surface area (Å²) in [6.07, 6.45) is -3.20. The molecule has 102 valence electrons. The number of carbonyl (C=O) groups excluding carboxylic acids is 1. The second-order valence-electron chi connectivity index (χ2n) is 3.49. The number of anilines is 1. The maximum Gasteiger partial charge on any atom is 0.433 e. The summed E-state index contributed by atoms with van der Waals surface area (Å²) >= 11 is 0. The van der Waals surface area contributed by atoms with E-state index in [-0.39, 0.29) is 11.4 Å². The molecule has 5 nitrogen and oxygen atoms in total. The van der Waals surface area contributed by atoms with Crippen molar-refractivity contribution in [3.05, 3.63) is 35.7 Å². The van der Waals surface area contributed by atoms with Gasteiger partial charge in [-0.15, -0.1) is 0 Å². The minimum Gasteiger partial charge on any atom is -0.478 e. The van der Waals surface area contributed by atoms with Gasteiger partial charge in [-0.1, -0.05) is 0 Å². The van der Waals surface area contributed by atoms with Crippen LogP contribution in [0.4, 0.5) is 18.9 Å². The summed E-state index contributed by atoms with van der Waals surface area (Å²) in [5.41, 5.74) is -1.01. The van der Waals surface area contributed by atoms with E-state index in [9.17, 15) is 22.8 Å². The fourth-order valence-electron chi connectivity index (χ4n) is 1.17. The lowest BCUT2D eigenvalue weighted by atomic mass is 10.2. The highest BCUT2D eigenvalue weighted by Gasteiger charge is 2.32. The van der Waals surface area contributed by atoms with E-state index in [0.717, 1.165) is 18.2 Å². The molecule has 1 amide bonds. The van der Waals surface area contributed by atoms with E-state index in [1.807, 2.05) is 0 Å². The number of rotatable bonds is 3. The molecule has 0 bridgehead atoms. The molecule has 1 heterocycles. The van der Waals surface area contributed by atoms with Crippen LogP contribution in [-0.4, -0.2) is 22.0 Å². The van der Waals surface area contributed by atoms with Gasteiger partial charge in [-0.3, -0.25) is 4.79 Å². The Labute approximate surface area is 105 Å². The number of aryl methyl sites for hydroxylation is 1. The number of carbonyl (C=O) groups is 2. The van der Waals surface area contributed by atoms with Crippen LogP contribution in [0.2, 0.25) is 0 Å². The highest BCUT2D eigenvalue weighted by molar-refractivity contribution is 6.02. The van der Waals surface area contributed by atoms with Crippen molar-refractivity contribution in [3.8, 4) is 0 Å². The number of hydrogen-bond donors (Lipinski definition) is 2. The van der Waals surface area contributed by atoms with Crippen LogP contribution in [0.25, 0.3) is 0 Å². The number of pyridine rings is 1. The molecular weight excluding hydrogens is 265 g/mol. The first-order chi connectivity index (χ1) is 8.70. The van der Waals surface area contributed by atoms with Crippen molar-refractivity contribution in [2.45, 2.75) is 13.1 Å². The quantitative estimate of drug-likeness (QED) is 0.826. The van der Waals surface area contributed by atoms with Gasteiger partial charge in [-0.2, -0.15) is 13.2 Å². The van der Waals surface area contributed by atoms with Crippen LogP contribution in [0.1, 0.15) is 11.4 Å². The number of halogens is 3. The van der Waals surface area contributed by atoms with Crippen LogP contribution in [0, 0.1) is 6.92 Å². The molecule has 8 heteroatoms. The Hall–Kier alpha value is -2.38. The number of aliphatic carboxylic acids is 1. The summed E-state index contributed by atoms with van der Waals surface area (Å²) in [7, 11) is 0. The fourth-order valence-corrected chi connectivity index (χ4v) is 1.17. The van der Waals surface area contributed by atoms with E-state index >= 15 is 0 Å².